The number of hydrogen-bond donors (Lipinski definition) is 1. The van der Waals surface area contributed by atoms with Gasteiger partial charge in [0.25, 0.3) is 0 Å². The van der Waals surface area contributed by atoms with E-state index in [2.05, 4.69) is 25.8 Å². The van der Waals surface area contributed by atoms with Crippen molar-refractivity contribution in [1.82, 2.24) is 0 Å². The zero-order valence-corrected chi connectivity index (χ0v) is 13.8. The second-order valence-electron chi connectivity index (χ2n) is 6.22. The lowest BCUT2D eigenvalue weighted by Crippen LogP contribution is -2.19. The van der Waals surface area contributed by atoms with Crippen molar-refractivity contribution in [1.29, 1.82) is 0 Å². The minimum absolute atomic E-state index is 0.179. The molecule has 20 heavy (non-hydrogen) atoms. The number of thiophene rings is 1. The monoisotopic (exact) mass is 294 g/mol. The quantitative estimate of drug-likeness (QED) is 0.763. The van der Waals surface area contributed by atoms with Gasteiger partial charge in [-0.15, -0.1) is 11.3 Å². The largest absolute Gasteiger partial charge is 0.397 e. The van der Waals surface area contributed by atoms with Crippen molar-refractivity contribution in [2.24, 2.45) is 5.92 Å². The molecule has 1 aromatic heterocycles. The molecule has 0 atom stereocenters. The Morgan fingerprint density at radius 3 is 2.60 bits per heavy atom. The van der Waals surface area contributed by atoms with Crippen LogP contribution in [-0.4, -0.2) is 19.4 Å². The van der Waals surface area contributed by atoms with Gasteiger partial charge in [-0.25, -0.2) is 0 Å². The molecule has 0 aromatic carbocycles. The Labute approximate surface area is 126 Å². The van der Waals surface area contributed by atoms with Gasteiger partial charge >= 0.3 is 0 Å². The molecule has 1 heterocycles. The van der Waals surface area contributed by atoms with Gasteiger partial charge in [0.2, 0.25) is 0 Å². The molecule has 0 radical (unpaired) electrons. The average molecular weight is 294 g/mol. The van der Waals surface area contributed by atoms with Crippen LogP contribution in [0.1, 0.15) is 67.6 Å². The van der Waals surface area contributed by atoms with Crippen LogP contribution in [0.3, 0.4) is 0 Å². The van der Waals surface area contributed by atoms with Crippen LogP contribution in [0.15, 0.2) is 0 Å². The third-order valence-corrected chi connectivity index (χ3v) is 5.29. The van der Waals surface area contributed by atoms with Gasteiger partial charge < -0.3 is 10.6 Å². The van der Waals surface area contributed by atoms with Crippen LogP contribution >= 0.6 is 11.3 Å². The summed E-state index contributed by atoms with van der Waals surface area (Å²) < 4.78 is 0. The van der Waals surface area contributed by atoms with Gasteiger partial charge in [0.05, 0.1) is 15.6 Å². The molecule has 0 amide bonds. The minimum atomic E-state index is 0.179. The summed E-state index contributed by atoms with van der Waals surface area (Å²) in [6.45, 7) is 7.41. The van der Waals surface area contributed by atoms with E-state index in [0.717, 1.165) is 23.5 Å². The predicted molar refractivity (Wildman–Crippen MR) is 88.1 cm³/mol. The number of carbonyl (C=O) groups is 1. The molecular formula is C16H26N2OS. The van der Waals surface area contributed by atoms with Crippen molar-refractivity contribution in [2.45, 2.75) is 52.4 Å². The molecule has 1 aliphatic rings. The zero-order valence-electron chi connectivity index (χ0n) is 13.0. The standard InChI is InChI=1S/C16H26N2OS/c1-5-12(19)15-14(17)13(11-6-7-11)16(20-15)18(4)9-8-10(2)3/h10-11H,5-9,17H2,1-4H3. The van der Waals surface area contributed by atoms with E-state index in [0.29, 0.717) is 18.3 Å². The van der Waals surface area contributed by atoms with Gasteiger partial charge in [-0.05, 0) is 31.1 Å². The molecule has 2 rings (SSSR count). The second kappa shape index (κ2) is 6.17. The van der Waals surface area contributed by atoms with Gasteiger partial charge in [0.15, 0.2) is 5.78 Å². The maximum absolute atomic E-state index is 12.0. The molecule has 0 spiro atoms. The number of carbonyl (C=O) groups excluding carboxylic acids is 1. The van der Waals surface area contributed by atoms with Crippen molar-refractivity contribution in [3.05, 3.63) is 10.4 Å². The Bertz CT molecular complexity index is 489. The summed E-state index contributed by atoms with van der Waals surface area (Å²) in [5.74, 6) is 1.45. The fraction of sp³-hybridized carbons (Fsp3) is 0.688. The van der Waals surface area contributed by atoms with E-state index >= 15 is 0 Å². The van der Waals surface area contributed by atoms with E-state index in [9.17, 15) is 4.79 Å². The van der Waals surface area contributed by atoms with E-state index in [-0.39, 0.29) is 5.78 Å². The molecule has 0 aliphatic heterocycles. The molecule has 4 heteroatoms. The number of ketones is 1. The summed E-state index contributed by atoms with van der Waals surface area (Å²) in [5, 5.41) is 1.22. The highest BCUT2D eigenvalue weighted by Gasteiger charge is 2.33. The van der Waals surface area contributed by atoms with Crippen molar-refractivity contribution >= 4 is 27.8 Å². The first-order chi connectivity index (χ1) is 9.45. The summed E-state index contributed by atoms with van der Waals surface area (Å²) in [5.41, 5.74) is 8.29. The summed E-state index contributed by atoms with van der Waals surface area (Å²) in [6.07, 6.45) is 4.12. The number of nitrogens with zero attached hydrogens (tertiary/aromatic N) is 1. The number of hydrogen-bond acceptors (Lipinski definition) is 4. The normalized spacial score (nSPS) is 14.8. The molecular weight excluding hydrogens is 268 g/mol. The van der Waals surface area contributed by atoms with Crippen LogP contribution in [0.4, 0.5) is 10.7 Å². The van der Waals surface area contributed by atoms with Crippen molar-refractivity contribution < 1.29 is 4.79 Å². The summed E-state index contributed by atoms with van der Waals surface area (Å²) in [6, 6.07) is 0. The number of Topliss-reactive ketones (excluding diaryl/α,β-unsaturated/α-hetero) is 1. The number of nitrogens with two attached hydrogens (primary N) is 1. The second-order valence-corrected chi connectivity index (χ2v) is 7.22. The first kappa shape index (κ1) is 15.4. The highest BCUT2D eigenvalue weighted by Crippen LogP contribution is 2.52. The van der Waals surface area contributed by atoms with Crippen LogP contribution < -0.4 is 10.6 Å². The van der Waals surface area contributed by atoms with Crippen LogP contribution in [0.2, 0.25) is 0 Å². The van der Waals surface area contributed by atoms with Crippen molar-refractivity contribution in [2.75, 3.05) is 24.2 Å². The third-order valence-electron chi connectivity index (χ3n) is 3.91. The first-order valence-electron chi connectivity index (χ1n) is 7.62. The summed E-state index contributed by atoms with van der Waals surface area (Å²) in [7, 11) is 2.12. The van der Waals surface area contributed by atoms with Crippen LogP contribution in [0.25, 0.3) is 0 Å². The molecule has 112 valence electrons. The van der Waals surface area contributed by atoms with E-state index < -0.39 is 0 Å². The van der Waals surface area contributed by atoms with Crippen molar-refractivity contribution in [3.8, 4) is 0 Å². The Morgan fingerprint density at radius 1 is 1.45 bits per heavy atom. The van der Waals surface area contributed by atoms with Crippen LogP contribution in [0, 0.1) is 5.92 Å². The molecule has 0 bridgehead atoms. The fourth-order valence-electron chi connectivity index (χ4n) is 2.42. The Hall–Kier alpha value is -1.03. The lowest BCUT2D eigenvalue weighted by atomic mass is 10.1. The lowest BCUT2D eigenvalue weighted by molar-refractivity contribution is 0.0993. The lowest BCUT2D eigenvalue weighted by Gasteiger charge is -2.20. The molecule has 2 N–H and O–H groups in total. The number of anilines is 2. The highest BCUT2D eigenvalue weighted by atomic mass is 32.1. The van der Waals surface area contributed by atoms with Crippen LogP contribution in [0.5, 0.6) is 0 Å². The number of nitrogen functional groups attached to an aromatic ring is 1. The molecule has 1 aromatic rings. The van der Waals surface area contributed by atoms with E-state index in [1.54, 1.807) is 11.3 Å². The highest BCUT2D eigenvalue weighted by molar-refractivity contribution is 7.18. The SMILES string of the molecule is CCC(=O)c1sc(N(C)CCC(C)C)c(C2CC2)c1N. The third kappa shape index (κ3) is 3.17. The molecule has 1 saturated carbocycles. The number of rotatable bonds is 7. The fourth-order valence-corrected chi connectivity index (χ4v) is 3.72. The van der Waals surface area contributed by atoms with Crippen LogP contribution in [-0.2, 0) is 0 Å². The topological polar surface area (TPSA) is 46.3 Å². The summed E-state index contributed by atoms with van der Waals surface area (Å²) in [4.78, 5) is 15.1. The summed E-state index contributed by atoms with van der Waals surface area (Å²) >= 11 is 1.60. The van der Waals surface area contributed by atoms with Gasteiger partial charge in [0, 0.05) is 25.6 Å². The van der Waals surface area contributed by atoms with E-state index in [1.807, 2.05) is 6.92 Å². The Balaban J connectivity index is 2.28. The molecule has 1 aliphatic carbocycles. The smallest absolute Gasteiger partial charge is 0.174 e. The van der Waals surface area contributed by atoms with Crippen molar-refractivity contribution in [3.63, 3.8) is 0 Å². The molecule has 0 saturated heterocycles. The average Bonchev–Trinajstić information content (AvgIpc) is 3.18. The van der Waals surface area contributed by atoms with Gasteiger partial charge in [-0.3, -0.25) is 4.79 Å². The Kier molecular flexibility index (Phi) is 4.74. The molecule has 3 nitrogen and oxygen atoms in total. The predicted octanol–water partition coefficient (Wildman–Crippen LogP) is 4.28. The first-order valence-corrected chi connectivity index (χ1v) is 8.43. The molecule has 1 fully saturated rings. The van der Waals surface area contributed by atoms with Gasteiger partial charge in [-0.1, -0.05) is 20.8 Å². The minimum Gasteiger partial charge on any atom is -0.397 e. The Morgan fingerprint density at radius 2 is 2.10 bits per heavy atom. The maximum atomic E-state index is 12.0. The van der Waals surface area contributed by atoms with E-state index in [1.165, 1.54) is 23.4 Å². The molecule has 0 unspecified atom stereocenters. The maximum Gasteiger partial charge on any atom is 0.174 e. The van der Waals surface area contributed by atoms with E-state index in [4.69, 9.17) is 5.73 Å². The zero-order chi connectivity index (χ0) is 14.9. The van der Waals surface area contributed by atoms with Gasteiger partial charge in [0.1, 0.15) is 0 Å². The van der Waals surface area contributed by atoms with Gasteiger partial charge in [-0.2, -0.15) is 0 Å².